The Kier molecular flexibility index (Phi) is 11.2. The number of pyridine rings is 1. The Bertz CT molecular complexity index is 2090. The average Bonchev–Trinajstić information content (AvgIpc) is 3.10. The largest absolute Gasteiger partial charge is 0.480 e. The van der Waals surface area contributed by atoms with Crippen LogP contribution in [0.5, 0.6) is 5.88 Å². The van der Waals surface area contributed by atoms with E-state index in [1.807, 2.05) is 43.3 Å². The van der Waals surface area contributed by atoms with Crippen LogP contribution in [0, 0.1) is 12.3 Å². The first-order valence-electron chi connectivity index (χ1n) is 19.1. The van der Waals surface area contributed by atoms with Crippen LogP contribution in [0.1, 0.15) is 66.6 Å². The third-order valence-electron chi connectivity index (χ3n) is 12.0. The number of fused-ring (bicyclic) bond motifs is 1. The second kappa shape index (κ2) is 15.5. The van der Waals surface area contributed by atoms with Gasteiger partial charge in [-0.25, -0.2) is 9.97 Å². The monoisotopic (exact) mass is 802 g/mol. The Morgan fingerprint density at radius 1 is 1.04 bits per heavy atom. The van der Waals surface area contributed by atoms with Crippen molar-refractivity contribution in [1.29, 1.82) is 0 Å². The number of halogens is 2. The van der Waals surface area contributed by atoms with Crippen LogP contribution in [-0.2, 0) is 23.9 Å². The normalized spacial score (nSPS) is 17.4. The quantitative estimate of drug-likeness (QED) is 0.144. The second-order valence-corrected chi connectivity index (χ2v) is 22.7. The molecule has 1 saturated heterocycles. The summed E-state index contributed by atoms with van der Waals surface area (Å²) in [6.45, 7) is 19.0. The molecule has 10 nitrogen and oxygen atoms in total. The number of anilines is 1. The predicted molar refractivity (Wildman–Crippen MR) is 221 cm³/mol. The Morgan fingerprint density at radius 3 is 2.42 bits per heavy atom. The van der Waals surface area contributed by atoms with Gasteiger partial charge in [0.2, 0.25) is 5.88 Å². The molecule has 0 radical (unpaired) electrons. The number of aliphatic hydroxyl groups excluding tert-OH is 1. The molecule has 55 heavy (non-hydrogen) atoms. The molecule has 7 rings (SSSR count). The predicted octanol–water partition coefficient (Wildman–Crippen LogP) is 8.42. The summed E-state index contributed by atoms with van der Waals surface area (Å²) < 4.78 is 12.1. The van der Waals surface area contributed by atoms with E-state index in [-0.39, 0.29) is 22.5 Å². The van der Waals surface area contributed by atoms with Crippen molar-refractivity contribution < 1.29 is 19.1 Å². The Labute approximate surface area is 335 Å². The molecular weight excluding hydrogens is 751 g/mol. The van der Waals surface area contributed by atoms with Gasteiger partial charge in [-0.2, -0.15) is 0 Å². The summed E-state index contributed by atoms with van der Waals surface area (Å²) in [4.78, 5) is 32.8. The van der Waals surface area contributed by atoms with Gasteiger partial charge in [-0.15, -0.1) is 0 Å². The number of methoxy groups -OCH3 is 1. The van der Waals surface area contributed by atoms with Crippen LogP contribution in [-0.4, -0.2) is 90.1 Å². The minimum absolute atomic E-state index is 0.162. The molecule has 1 amide bonds. The lowest BCUT2D eigenvalue weighted by Crippen LogP contribution is -2.63. The summed E-state index contributed by atoms with van der Waals surface area (Å²) in [6.07, 6.45) is 4.19. The van der Waals surface area contributed by atoms with Crippen LogP contribution in [0.3, 0.4) is 0 Å². The highest BCUT2D eigenvalue weighted by Gasteiger charge is 2.51. The average molecular weight is 804 g/mol. The van der Waals surface area contributed by atoms with E-state index in [2.05, 4.69) is 49.0 Å². The summed E-state index contributed by atoms with van der Waals surface area (Å²) in [6, 6.07) is 13.0. The van der Waals surface area contributed by atoms with Gasteiger partial charge >= 0.3 is 0 Å². The lowest BCUT2D eigenvalue weighted by atomic mass is 9.62. The van der Waals surface area contributed by atoms with Crippen molar-refractivity contribution in [3.05, 3.63) is 86.9 Å². The van der Waals surface area contributed by atoms with E-state index in [0.717, 1.165) is 62.4 Å². The number of nitrogens with zero attached hydrogens (tertiary/aromatic N) is 5. The van der Waals surface area contributed by atoms with Gasteiger partial charge in [0.25, 0.3) is 5.91 Å². The molecule has 0 bridgehead atoms. The van der Waals surface area contributed by atoms with Crippen molar-refractivity contribution in [2.45, 2.75) is 84.3 Å². The number of carbonyl (C=O) groups excluding carboxylic acids is 1. The maximum absolute atomic E-state index is 13.7. The fourth-order valence-electron chi connectivity index (χ4n) is 7.94. The summed E-state index contributed by atoms with van der Waals surface area (Å²) >= 11 is 14.1. The van der Waals surface area contributed by atoms with Gasteiger partial charge in [-0.05, 0) is 67.6 Å². The van der Waals surface area contributed by atoms with Crippen molar-refractivity contribution in [3.8, 4) is 28.3 Å². The van der Waals surface area contributed by atoms with Crippen molar-refractivity contribution in [2.75, 3.05) is 45.2 Å². The molecule has 2 fully saturated rings. The van der Waals surface area contributed by atoms with Crippen LogP contribution < -0.4 is 10.1 Å². The van der Waals surface area contributed by atoms with Crippen LogP contribution in [0.2, 0.25) is 28.2 Å². The van der Waals surface area contributed by atoms with Gasteiger partial charge in [0, 0.05) is 68.0 Å². The van der Waals surface area contributed by atoms with Gasteiger partial charge in [-0.3, -0.25) is 19.6 Å². The van der Waals surface area contributed by atoms with Crippen molar-refractivity contribution in [2.24, 2.45) is 5.41 Å². The van der Waals surface area contributed by atoms with Crippen molar-refractivity contribution in [3.63, 3.8) is 0 Å². The molecule has 0 atom stereocenters. The molecule has 4 heterocycles. The molecule has 2 aliphatic heterocycles. The molecule has 1 spiro atoms. The molecule has 1 aliphatic carbocycles. The van der Waals surface area contributed by atoms with E-state index < -0.39 is 8.32 Å². The number of amides is 1. The summed E-state index contributed by atoms with van der Waals surface area (Å²) in [5, 5.41) is 13.8. The molecule has 1 saturated carbocycles. The highest BCUT2D eigenvalue weighted by molar-refractivity contribution is 6.74. The Morgan fingerprint density at radius 2 is 1.73 bits per heavy atom. The number of hydrogen-bond acceptors (Lipinski definition) is 9. The topological polar surface area (TPSA) is 113 Å². The smallest absolute Gasteiger partial charge is 0.274 e. The lowest BCUT2D eigenvalue weighted by molar-refractivity contribution is -0.131. The first-order valence-corrected chi connectivity index (χ1v) is 22.8. The zero-order valence-corrected chi connectivity index (χ0v) is 35.4. The highest BCUT2D eigenvalue weighted by Crippen LogP contribution is 2.49. The minimum atomic E-state index is -1.83. The highest BCUT2D eigenvalue weighted by atomic mass is 35.5. The molecule has 2 N–H and O–H groups in total. The van der Waals surface area contributed by atoms with Crippen LogP contribution >= 0.6 is 23.2 Å². The molecule has 292 valence electrons. The van der Waals surface area contributed by atoms with E-state index in [4.69, 9.17) is 47.3 Å². The number of nitrogens with one attached hydrogen (secondary N) is 1. The summed E-state index contributed by atoms with van der Waals surface area (Å²) in [5.41, 5.74) is 7.65. The molecular formula is C42H52Cl2N6O4Si. The first kappa shape index (κ1) is 39.8. The number of benzene rings is 2. The zero-order chi connectivity index (χ0) is 39.3. The van der Waals surface area contributed by atoms with Gasteiger partial charge in [0.05, 0.1) is 46.5 Å². The second-order valence-electron chi connectivity index (χ2n) is 17.1. The first-order chi connectivity index (χ1) is 26.1. The van der Waals surface area contributed by atoms with Gasteiger partial charge in [-0.1, -0.05) is 74.3 Å². The number of aryl methyl sites for hydroxylation is 1. The number of carbonyl (C=O) groups is 1. The van der Waals surface area contributed by atoms with Gasteiger partial charge < -0.3 is 19.6 Å². The SMILES string of the molecule is COc1nc(-c2cccc(-c3cccc(NC(=O)c4cc(C)c5c(n4)CN(CCO[Si](C)(C)C(C)(C)C)CC5)c3Cl)c2Cl)cnc1CN1CC2(CC(O)C2)C1. The molecule has 0 unspecified atom stereocenters. The third kappa shape index (κ3) is 8.21. The Balaban J connectivity index is 1.05. The molecule has 2 aromatic heterocycles. The number of ether oxygens (including phenoxy) is 1. The minimum Gasteiger partial charge on any atom is -0.480 e. The van der Waals surface area contributed by atoms with E-state index in [1.165, 1.54) is 5.56 Å². The molecule has 3 aliphatic rings. The van der Waals surface area contributed by atoms with E-state index >= 15 is 0 Å². The third-order valence-corrected chi connectivity index (χ3v) is 17.4. The van der Waals surface area contributed by atoms with Crippen LogP contribution in [0.4, 0.5) is 5.69 Å². The zero-order valence-electron chi connectivity index (χ0n) is 32.9. The van der Waals surface area contributed by atoms with Gasteiger partial charge in [0.15, 0.2) is 8.32 Å². The molecule has 4 aromatic rings. The van der Waals surface area contributed by atoms with Crippen LogP contribution in [0.15, 0.2) is 48.7 Å². The number of aromatic nitrogens is 3. The molecule has 2 aromatic carbocycles. The maximum Gasteiger partial charge on any atom is 0.274 e. The number of likely N-dealkylation sites (tertiary alicyclic amines) is 1. The van der Waals surface area contributed by atoms with E-state index in [1.54, 1.807) is 19.4 Å². The Hall–Kier alpha value is -3.42. The van der Waals surface area contributed by atoms with E-state index in [9.17, 15) is 9.90 Å². The van der Waals surface area contributed by atoms with Crippen molar-refractivity contribution in [1.82, 2.24) is 24.8 Å². The fraction of sp³-hybridized carbons (Fsp3) is 0.476. The fourth-order valence-corrected chi connectivity index (χ4v) is 9.57. The standard InChI is InChI=1S/C42H52Cl2N6O4Si/c1-26-18-33(46-35-22-49(15-14-28(26)35)16-17-54-55(6,7)41(2,3)4)39(52)47-32-13-9-11-30(38(32)44)29-10-8-12-31(37(29)43)34-21-45-36(40(48-34)53-5)23-50-24-42(25-50)19-27(51)20-42/h8-13,18,21,27,51H,14-17,19-20,22-25H2,1-7H3,(H,47,52). The maximum atomic E-state index is 13.7. The summed E-state index contributed by atoms with van der Waals surface area (Å²) in [7, 11) is -0.233. The van der Waals surface area contributed by atoms with Crippen molar-refractivity contribution >= 4 is 43.1 Å². The number of aliphatic hydroxyl groups is 1. The van der Waals surface area contributed by atoms with E-state index in [0.29, 0.717) is 69.4 Å². The van der Waals surface area contributed by atoms with Gasteiger partial charge in [0.1, 0.15) is 11.4 Å². The van der Waals surface area contributed by atoms with Crippen LogP contribution in [0.25, 0.3) is 22.4 Å². The number of rotatable bonds is 11. The summed E-state index contributed by atoms with van der Waals surface area (Å²) in [5.74, 6) is 0.120. The lowest BCUT2D eigenvalue weighted by Gasteiger charge is -2.57. The molecule has 13 heteroatoms. The number of hydrogen-bond donors (Lipinski definition) is 2.